The summed E-state index contributed by atoms with van der Waals surface area (Å²) in [5.74, 6) is -0.0318. The molecule has 0 aromatic heterocycles. The van der Waals surface area contributed by atoms with Crippen LogP contribution in [0.4, 0.5) is 5.69 Å². The molecule has 0 aliphatic rings. The molecule has 0 fully saturated rings. The zero-order chi connectivity index (χ0) is 17.0. The minimum absolute atomic E-state index is 0.0318. The van der Waals surface area contributed by atoms with Crippen LogP contribution in [0.1, 0.15) is 29.7 Å². The molecule has 0 saturated heterocycles. The molecule has 0 spiro atoms. The number of anilines is 1. The number of carbonyl (C=O) groups is 1. The van der Waals surface area contributed by atoms with Gasteiger partial charge in [-0.05, 0) is 50.1 Å². The van der Waals surface area contributed by atoms with E-state index in [0.717, 1.165) is 22.4 Å². The Kier molecular flexibility index (Phi) is 6.05. The number of hydrogen-bond donors (Lipinski definition) is 2. The van der Waals surface area contributed by atoms with E-state index < -0.39 is 0 Å². The van der Waals surface area contributed by atoms with Gasteiger partial charge in [-0.25, -0.2) is 0 Å². The Labute approximate surface area is 147 Å². The van der Waals surface area contributed by atoms with Crippen LogP contribution in [0.15, 0.2) is 36.4 Å². The first kappa shape index (κ1) is 17.8. The molecule has 2 aromatic carbocycles. The molecule has 1 atom stereocenters. The van der Waals surface area contributed by atoms with Gasteiger partial charge in [0.25, 0.3) is 5.91 Å². The van der Waals surface area contributed by atoms with E-state index in [1.807, 2.05) is 56.4 Å². The first-order chi connectivity index (χ1) is 10.9. The average Bonchev–Trinajstić information content (AvgIpc) is 2.49. The zero-order valence-corrected chi connectivity index (χ0v) is 15.0. The summed E-state index contributed by atoms with van der Waals surface area (Å²) in [5.41, 5.74) is 4.08. The van der Waals surface area contributed by atoms with Crippen molar-refractivity contribution in [2.45, 2.75) is 26.8 Å². The van der Waals surface area contributed by atoms with E-state index in [4.69, 9.17) is 23.2 Å². The summed E-state index contributed by atoms with van der Waals surface area (Å²) in [6, 6.07) is 11.4. The van der Waals surface area contributed by atoms with Crippen molar-refractivity contribution in [2.75, 3.05) is 11.9 Å². The first-order valence-corrected chi connectivity index (χ1v) is 8.28. The van der Waals surface area contributed by atoms with Gasteiger partial charge in [0, 0.05) is 16.3 Å². The number of nitrogens with two attached hydrogens (primary N) is 1. The van der Waals surface area contributed by atoms with Gasteiger partial charge in [0.1, 0.15) is 6.04 Å². The van der Waals surface area contributed by atoms with Crippen LogP contribution >= 0.6 is 23.2 Å². The monoisotopic (exact) mass is 351 g/mol. The molecule has 0 radical (unpaired) electrons. The predicted molar refractivity (Wildman–Crippen MR) is 96.2 cm³/mol. The van der Waals surface area contributed by atoms with Crippen LogP contribution < -0.4 is 10.6 Å². The van der Waals surface area contributed by atoms with Gasteiger partial charge in [-0.15, -0.1) is 0 Å². The van der Waals surface area contributed by atoms with Crippen molar-refractivity contribution >= 4 is 34.8 Å². The Bertz CT molecular complexity index is 716. The molecule has 2 rings (SSSR count). The highest BCUT2D eigenvalue weighted by molar-refractivity contribution is 6.35. The molecule has 1 amide bonds. The second-order valence-corrected chi connectivity index (χ2v) is 6.53. The Morgan fingerprint density at radius 2 is 1.96 bits per heavy atom. The minimum Gasteiger partial charge on any atom is -0.332 e. The Morgan fingerprint density at radius 1 is 1.22 bits per heavy atom. The summed E-state index contributed by atoms with van der Waals surface area (Å²) < 4.78 is 0. The highest BCUT2D eigenvalue weighted by Gasteiger charge is 2.15. The summed E-state index contributed by atoms with van der Waals surface area (Å²) in [6.07, 6.45) is 0. The standard InChI is InChI=1S/C18H20Cl2N2O/c1-11-5-4-6-17(12(11)2)22-18(23)10-21-13(3)15-8-7-14(19)9-16(15)20/h4-9,13,21H,10H2,1-3H3,(H,22,23)/p+1/t13-/m0/s1. The number of aryl methyl sites for hydroxylation is 1. The van der Waals surface area contributed by atoms with Gasteiger partial charge in [-0.3, -0.25) is 4.79 Å². The van der Waals surface area contributed by atoms with Crippen LogP contribution in [-0.4, -0.2) is 12.5 Å². The lowest BCUT2D eigenvalue weighted by atomic mass is 10.1. The van der Waals surface area contributed by atoms with Gasteiger partial charge in [-0.1, -0.05) is 41.4 Å². The van der Waals surface area contributed by atoms with E-state index in [2.05, 4.69) is 5.32 Å². The fraction of sp³-hybridized carbons (Fsp3) is 0.278. The molecular weight excluding hydrogens is 331 g/mol. The van der Waals surface area contributed by atoms with Gasteiger partial charge < -0.3 is 10.6 Å². The highest BCUT2D eigenvalue weighted by atomic mass is 35.5. The molecular formula is C18H21Cl2N2O+. The molecule has 0 aliphatic carbocycles. The van der Waals surface area contributed by atoms with Crippen molar-refractivity contribution in [3.05, 3.63) is 63.1 Å². The van der Waals surface area contributed by atoms with Gasteiger partial charge in [0.2, 0.25) is 0 Å². The van der Waals surface area contributed by atoms with Crippen LogP contribution in [0, 0.1) is 13.8 Å². The Morgan fingerprint density at radius 3 is 2.65 bits per heavy atom. The van der Waals surface area contributed by atoms with Crippen LogP contribution in [-0.2, 0) is 4.79 Å². The maximum atomic E-state index is 12.2. The van der Waals surface area contributed by atoms with E-state index in [1.165, 1.54) is 0 Å². The molecule has 0 bridgehead atoms. The third kappa shape index (κ3) is 4.71. The van der Waals surface area contributed by atoms with Crippen molar-refractivity contribution in [3.63, 3.8) is 0 Å². The number of amides is 1. The van der Waals surface area contributed by atoms with Crippen molar-refractivity contribution in [1.82, 2.24) is 0 Å². The molecule has 5 heteroatoms. The first-order valence-electron chi connectivity index (χ1n) is 7.53. The normalized spacial score (nSPS) is 12.0. The summed E-state index contributed by atoms with van der Waals surface area (Å²) in [7, 11) is 0. The highest BCUT2D eigenvalue weighted by Crippen LogP contribution is 2.24. The van der Waals surface area contributed by atoms with Crippen LogP contribution in [0.25, 0.3) is 0 Å². The molecule has 122 valence electrons. The second kappa shape index (κ2) is 7.82. The topological polar surface area (TPSA) is 45.7 Å². The molecule has 2 aromatic rings. The molecule has 3 nitrogen and oxygen atoms in total. The molecule has 3 N–H and O–H groups in total. The van der Waals surface area contributed by atoms with Crippen LogP contribution in [0.2, 0.25) is 10.0 Å². The lowest BCUT2D eigenvalue weighted by molar-refractivity contribution is -0.682. The number of quaternary nitrogens is 1. The lowest BCUT2D eigenvalue weighted by Crippen LogP contribution is -2.86. The Balaban J connectivity index is 1.95. The summed E-state index contributed by atoms with van der Waals surface area (Å²) in [4.78, 5) is 12.2. The Hall–Kier alpha value is -1.55. The molecule has 0 saturated carbocycles. The van der Waals surface area contributed by atoms with Crippen LogP contribution in [0.3, 0.4) is 0 Å². The van der Waals surface area contributed by atoms with Crippen molar-refractivity contribution < 1.29 is 10.1 Å². The minimum atomic E-state index is -0.0318. The van der Waals surface area contributed by atoms with E-state index in [-0.39, 0.29) is 11.9 Å². The van der Waals surface area contributed by atoms with E-state index in [9.17, 15) is 4.79 Å². The third-order valence-corrected chi connectivity index (χ3v) is 4.55. The number of rotatable bonds is 5. The van der Waals surface area contributed by atoms with Gasteiger partial charge >= 0.3 is 0 Å². The van der Waals surface area contributed by atoms with Crippen LogP contribution in [0.5, 0.6) is 0 Å². The number of halogens is 2. The average molecular weight is 352 g/mol. The van der Waals surface area contributed by atoms with Gasteiger partial charge in [0.05, 0.1) is 5.02 Å². The quantitative estimate of drug-likeness (QED) is 0.843. The zero-order valence-electron chi connectivity index (χ0n) is 13.5. The van der Waals surface area contributed by atoms with Crippen molar-refractivity contribution in [3.8, 4) is 0 Å². The number of hydrogen-bond acceptors (Lipinski definition) is 1. The second-order valence-electron chi connectivity index (χ2n) is 5.69. The summed E-state index contributed by atoms with van der Waals surface area (Å²) in [5, 5.41) is 6.14. The predicted octanol–water partition coefficient (Wildman–Crippen LogP) is 3.87. The fourth-order valence-electron chi connectivity index (χ4n) is 2.37. The molecule has 0 heterocycles. The maximum Gasteiger partial charge on any atom is 0.279 e. The molecule has 23 heavy (non-hydrogen) atoms. The maximum absolute atomic E-state index is 12.2. The number of nitrogens with one attached hydrogen (secondary N) is 1. The summed E-state index contributed by atoms with van der Waals surface area (Å²) in [6.45, 7) is 6.38. The number of benzene rings is 2. The lowest BCUT2D eigenvalue weighted by Gasteiger charge is -2.14. The SMILES string of the molecule is Cc1cccc(NC(=O)C[NH2+][C@@H](C)c2ccc(Cl)cc2Cl)c1C. The fourth-order valence-corrected chi connectivity index (χ4v) is 2.95. The third-order valence-electron chi connectivity index (χ3n) is 3.99. The van der Waals surface area contributed by atoms with E-state index in [1.54, 1.807) is 6.07 Å². The smallest absolute Gasteiger partial charge is 0.279 e. The van der Waals surface area contributed by atoms with E-state index in [0.29, 0.717) is 16.6 Å². The van der Waals surface area contributed by atoms with Crippen molar-refractivity contribution in [2.24, 2.45) is 0 Å². The van der Waals surface area contributed by atoms with Gasteiger partial charge in [-0.2, -0.15) is 0 Å². The number of carbonyl (C=O) groups excluding carboxylic acids is 1. The largest absolute Gasteiger partial charge is 0.332 e. The summed E-state index contributed by atoms with van der Waals surface area (Å²) >= 11 is 12.1. The van der Waals surface area contributed by atoms with Crippen molar-refractivity contribution in [1.29, 1.82) is 0 Å². The molecule has 0 aliphatic heterocycles. The molecule has 0 unspecified atom stereocenters. The van der Waals surface area contributed by atoms with E-state index >= 15 is 0 Å². The van der Waals surface area contributed by atoms with Gasteiger partial charge in [0.15, 0.2) is 6.54 Å².